The molecule has 5 nitrogen and oxygen atoms in total. The van der Waals surface area contributed by atoms with Crippen LogP contribution >= 0.6 is 0 Å². The van der Waals surface area contributed by atoms with Crippen LogP contribution in [0.25, 0.3) is 10.9 Å². The van der Waals surface area contributed by atoms with E-state index in [4.69, 9.17) is 0 Å². The van der Waals surface area contributed by atoms with E-state index in [1.165, 1.54) is 0 Å². The summed E-state index contributed by atoms with van der Waals surface area (Å²) >= 11 is 0. The first-order valence-corrected chi connectivity index (χ1v) is 7.52. The molecule has 0 saturated heterocycles. The van der Waals surface area contributed by atoms with Gasteiger partial charge in [-0.15, -0.1) is 0 Å². The smallest absolute Gasteiger partial charge is 0.239 e. The zero-order chi connectivity index (χ0) is 15.9. The fourth-order valence-corrected chi connectivity index (χ4v) is 2.39. The summed E-state index contributed by atoms with van der Waals surface area (Å²) in [5.41, 5.74) is 1.73. The molecule has 0 unspecified atom stereocenters. The molecular formula is C17H21N3O2. The van der Waals surface area contributed by atoms with E-state index in [-0.39, 0.29) is 24.8 Å². The Kier molecular flexibility index (Phi) is 5.47. The molecule has 1 aromatic carbocycles. The van der Waals surface area contributed by atoms with Crippen LogP contribution in [-0.2, 0) is 16.0 Å². The van der Waals surface area contributed by atoms with Crippen molar-refractivity contribution in [1.29, 1.82) is 0 Å². The summed E-state index contributed by atoms with van der Waals surface area (Å²) in [6.45, 7) is 4.91. The predicted octanol–water partition coefficient (Wildman–Crippen LogP) is 1.76. The van der Waals surface area contributed by atoms with Crippen molar-refractivity contribution in [3.63, 3.8) is 0 Å². The second-order valence-electron chi connectivity index (χ2n) is 5.03. The number of aromatic nitrogens is 1. The number of rotatable bonds is 6. The van der Waals surface area contributed by atoms with Crippen molar-refractivity contribution in [2.24, 2.45) is 0 Å². The van der Waals surface area contributed by atoms with E-state index in [0.717, 1.165) is 16.5 Å². The highest BCUT2D eigenvalue weighted by molar-refractivity contribution is 5.89. The van der Waals surface area contributed by atoms with Gasteiger partial charge in [-0.3, -0.25) is 14.6 Å². The first kappa shape index (κ1) is 15.9. The minimum Gasteiger partial charge on any atom is -0.355 e. The van der Waals surface area contributed by atoms with E-state index in [1.54, 1.807) is 11.1 Å². The lowest BCUT2D eigenvalue weighted by atomic mass is 10.1. The first-order valence-electron chi connectivity index (χ1n) is 7.52. The molecule has 0 bridgehead atoms. The van der Waals surface area contributed by atoms with Gasteiger partial charge in [-0.1, -0.05) is 24.3 Å². The Morgan fingerprint density at radius 1 is 1.18 bits per heavy atom. The first-order chi connectivity index (χ1) is 10.7. The molecule has 0 spiro atoms. The minimum atomic E-state index is -0.131. The predicted molar refractivity (Wildman–Crippen MR) is 86.4 cm³/mol. The molecule has 0 fully saturated rings. The second-order valence-corrected chi connectivity index (χ2v) is 5.03. The van der Waals surface area contributed by atoms with Crippen LogP contribution in [0.5, 0.6) is 0 Å². The van der Waals surface area contributed by atoms with Gasteiger partial charge >= 0.3 is 0 Å². The average Bonchev–Trinajstić information content (AvgIpc) is 2.53. The van der Waals surface area contributed by atoms with E-state index < -0.39 is 0 Å². The van der Waals surface area contributed by atoms with E-state index in [1.807, 2.05) is 44.2 Å². The fraction of sp³-hybridized carbons (Fsp3) is 0.353. The van der Waals surface area contributed by atoms with Gasteiger partial charge < -0.3 is 10.2 Å². The Labute approximate surface area is 130 Å². The molecule has 116 valence electrons. The molecule has 0 aliphatic heterocycles. The number of para-hydroxylation sites is 1. The monoisotopic (exact) mass is 299 g/mol. The number of fused-ring (bicyclic) bond motifs is 1. The van der Waals surface area contributed by atoms with Gasteiger partial charge in [-0.05, 0) is 25.5 Å². The van der Waals surface area contributed by atoms with Gasteiger partial charge in [0, 0.05) is 24.7 Å². The molecule has 0 saturated carbocycles. The normalized spacial score (nSPS) is 10.5. The topological polar surface area (TPSA) is 62.3 Å². The van der Waals surface area contributed by atoms with Crippen molar-refractivity contribution >= 4 is 22.7 Å². The third kappa shape index (κ3) is 3.81. The number of carbonyl (C=O) groups excluding carboxylic acids is 2. The van der Waals surface area contributed by atoms with Gasteiger partial charge in [-0.2, -0.15) is 0 Å². The van der Waals surface area contributed by atoms with E-state index in [9.17, 15) is 9.59 Å². The zero-order valence-corrected chi connectivity index (χ0v) is 13.0. The molecule has 0 radical (unpaired) electrons. The number of nitrogens with zero attached hydrogens (tertiary/aromatic N) is 2. The summed E-state index contributed by atoms with van der Waals surface area (Å²) in [6.07, 6.45) is 1.98. The Morgan fingerprint density at radius 2 is 1.95 bits per heavy atom. The molecule has 0 aliphatic rings. The van der Waals surface area contributed by atoms with Crippen molar-refractivity contribution in [2.45, 2.75) is 20.3 Å². The molecule has 0 atom stereocenters. The number of hydrogen-bond acceptors (Lipinski definition) is 3. The number of hydrogen-bond donors (Lipinski definition) is 1. The van der Waals surface area contributed by atoms with Crippen LogP contribution in [0.4, 0.5) is 0 Å². The summed E-state index contributed by atoms with van der Waals surface area (Å²) in [5.74, 6) is -0.194. The highest BCUT2D eigenvalue weighted by atomic mass is 16.2. The van der Waals surface area contributed by atoms with Crippen LogP contribution < -0.4 is 5.32 Å². The molecule has 1 heterocycles. The standard InChI is InChI=1S/C17H21N3O2/c1-3-18-15(21)12-20(4-2)16(22)11-14-8-5-7-13-9-6-10-19-17(13)14/h5-10H,3-4,11-12H2,1-2H3,(H,18,21). The molecule has 0 aliphatic carbocycles. The molecule has 22 heavy (non-hydrogen) atoms. The highest BCUT2D eigenvalue weighted by Gasteiger charge is 2.16. The van der Waals surface area contributed by atoms with Gasteiger partial charge in [-0.25, -0.2) is 0 Å². The van der Waals surface area contributed by atoms with Crippen LogP contribution in [-0.4, -0.2) is 41.3 Å². The van der Waals surface area contributed by atoms with Crippen LogP contribution in [0.2, 0.25) is 0 Å². The molecule has 2 aromatic rings. The van der Waals surface area contributed by atoms with Crippen molar-refractivity contribution in [3.8, 4) is 0 Å². The van der Waals surface area contributed by atoms with Crippen LogP contribution in [0.1, 0.15) is 19.4 Å². The Morgan fingerprint density at radius 3 is 2.68 bits per heavy atom. The molecule has 1 N–H and O–H groups in total. The summed E-state index contributed by atoms with van der Waals surface area (Å²) in [5, 5.41) is 3.73. The largest absolute Gasteiger partial charge is 0.355 e. The van der Waals surface area contributed by atoms with E-state index in [2.05, 4.69) is 10.3 Å². The lowest BCUT2D eigenvalue weighted by molar-refractivity contribution is -0.135. The number of nitrogens with one attached hydrogen (secondary N) is 1. The number of benzene rings is 1. The lowest BCUT2D eigenvalue weighted by Gasteiger charge is -2.20. The molecule has 5 heteroatoms. The summed E-state index contributed by atoms with van der Waals surface area (Å²) in [6, 6.07) is 9.66. The fourth-order valence-electron chi connectivity index (χ4n) is 2.39. The quantitative estimate of drug-likeness (QED) is 0.884. The maximum atomic E-state index is 12.4. The third-order valence-electron chi connectivity index (χ3n) is 3.50. The molecule has 2 amide bonds. The van der Waals surface area contributed by atoms with Gasteiger partial charge in [0.15, 0.2) is 0 Å². The zero-order valence-electron chi connectivity index (χ0n) is 13.0. The van der Waals surface area contributed by atoms with Crippen LogP contribution in [0.15, 0.2) is 36.5 Å². The maximum absolute atomic E-state index is 12.4. The molecular weight excluding hydrogens is 278 g/mol. The van der Waals surface area contributed by atoms with E-state index >= 15 is 0 Å². The number of carbonyl (C=O) groups is 2. The van der Waals surface area contributed by atoms with Gasteiger partial charge in [0.2, 0.25) is 11.8 Å². The SMILES string of the molecule is CCNC(=O)CN(CC)C(=O)Cc1cccc2cccnc12. The van der Waals surface area contributed by atoms with Gasteiger partial charge in [0.05, 0.1) is 18.5 Å². The summed E-state index contributed by atoms with van der Waals surface area (Å²) < 4.78 is 0. The van der Waals surface area contributed by atoms with E-state index in [0.29, 0.717) is 13.1 Å². The van der Waals surface area contributed by atoms with Crippen LogP contribution in [0, 0.1) is 0 Å². The van der Waals surface area contributed by atoms with Crippen LogP contribution in [0.3, 0.4) is 0 Å². The number of likely N-dealkylation sites (N-methyl/N-ethyl adjacent to an activating group) is 2. The summed E-state index contributed by atoms with van der Waals surface area (Å²) in [7, 11) is 0. The Balaban J connectivity index is 2.13. The average molecular weight is 299 g/mol. The number of pyridine rings is 1. The summed E-state index contributed by atoms with van der Waals surface area (Å²) in [4.78, 5) is 30.0. The van der Waals surface area contributed by atoms with Crippen molar-refractivity contribution in [1.82, 2.24) is 15.2 Å². The van der Waals surface area contributed by atoms with Gasteiger partial charge in [0.1, 0.15) is 0 Å². The third-order valence-corrected chi connectivity index (χ3v) is 3.50. The lowest BCUT2D eigenvalue weighted by Crippen LogP contribution is -2.41. The minimum absolute atomic E-state index is 0.0630. The Hall–Kier alpha value is -2.43. The van der Waals surface area contributed by atoms with Crippen molar-refractivity contribution in [3.05, 3.63) is 42.1 Å². The molecule has 2 rings (SSSR count). The van der Waals surface area contributed by atoms with Crippen molar-refractivity contribution in [2.75, 3.05) is 19.6 Å². The number of amides is 2. The van der Waals surface area contributed by atoms with Gasteiger partial charge in [0.25, 0.3) is 0 Å². The van der Waals surface area contributed by atoms with Crippen molar-refractivity contribution < 1.29 is 9.59 Å². The second kappa shape index (κ2) is 7.54. The highest BCUT2D eigenvalue weighted by Crippen LogP contribution is 2.17. The molecule has 1 aromatic heterocycles. The maximum Gasteiger partial charge on any atom is 0.239 e. The Bertz CT molecular complexity index is 665.